The zero-order chi connectivity index (χ0) is 14.1. The van der Waals surface area contributed by atoms with E-state index < -0.39 is 0 Å². The first kappa shape index (κ1) is 13.1. The predicted octanol–water partition coefficient (Wildman–Crippen LogP) is 0.968. The van der Waals surface area contributed by atoms with Crippen LogP contribution in [0.5, 0.6) is 0 Å². The Morgan fingerprint density at radius 1 is 1.45 bits per heavy atom. The summed E-state index contributed by atoms with van der Waals surface area (Å²) >= 11 is 0. The van der Waals surface area contributed by atoms with Crippen molar-refractivity contribution in [2.24, 2.45) is 5.92 Å². The Morgan fingerprint density at radius 2 is 2.30 bits per heavy atom. The van der Waals surface area contributed by atoms with Crippen LogP contribution < -0.4 is 16.0 Å². The van der Waals surface area contributed by atoms with Crippen molar-refractivity contribution in [1.29, 1.82) is 0 Å². The summed E-state index contributed by atoms with van der Waals surface area (Å²) in [6.07, 6.45) is 1.33. The maximum absolute atomic E-state index is 12.1. The molecule has 2 aliphatic heterocycles. The lowest BCUT2D eigenvalue weighted by molar-refractivity contribution is -0.125. The van der Waals surface area contributed by atoms with E-state index in [1.54, 1.807) is 0 Å². The van der Waals surface area contributed by atoms with Crippen LogP contribution >= 0.6 is 0 Å². The molecule has 5 nitrogen and oxygen atoms in total. The zero-order valence-corrected chi connectivity index (χ0v) is 11.5. The fraction of sp³-hybridized carbons (Fsp3) is 0.467. The van der Waals surface area contributed by atoms with Gasteiger partial charge in [-0.05, 0) is 37.1 Å². The molecule has 0 saturated carbocycles. The van der Waals surface area contributed by atoms with Crippen molar-refractivity contribution in [1.82, 2.24) is 10.6 Å². The van der Waals surface area contributed by atoms with E-state index in [9.17, 15) is 9.59 Å². The quantitative estimate of drug-likeness (QED) is 0.768. The molecule has 2 heterocycles. The number of anilines is 1. The molecule has 0 radical (unpaired) electrons. The summed E-state index contributed by atoms with van der Waals surface area (Å²) in [6, 6.07) is 5.84. The van der Waals surface area contributed by atoms with Crippen LogP contribution in [0.3, 0.4) is 0 Å². The highest BCUT2D eigenvalue weighted by Crippen LogP contribution is 2.26. The minimum Gasteiger partial charge on any atom is -0.349 e. The summed E-state index contributed by atoms with van der Waals surface area (Å²) in [5.41, 5.74) is 2.94. The fourth-order valence-electron chi connectivity index (χ4n) is 2.81. The van der Waals surface area contributed by atoms with Crippen LogP contribution in [0.1, 0.15) is 30.5 Å². The van der Waals surface area contributed by atoms with Gasteiger partial charge in [0.25, 0.3) is 0 Å². The van der Waals surface area contributed by atoms with E-state index in [2.05, 4.69) is 16.0 Å². The Hall–Kier alpha value is -1.88. The van der Waals surface area contributed by atoms with Gasteiger partial charge in [0.1, 0.15) is 0 Å². The third-order valence-electron chi connectivity index (χ3n) is 4.04. The minimum atomic E-state index is -0.0379. The standard InChI is InChI=1S/C15H19N3O2/c1-9(17-15(20)11-4-5-16-8-11)10-2-3-13-12(6-10)7-14(19)18-13/h2-3,6,9,11,16H,4-5,7-8H2,1H3,(H,17,20)(H,18,19). The van der Waals surface area contributed by atoms with Gasteiger partial charge in [-0.15, -0.1) is 0 Å². The predicted molar refractivity (Wildman–Crippen MR) is 76.3 cm³/mol. The Bertz CT molecular complexity index is 550. The topological polar surface area (TPSA) is 70.2 Å². The van der Waals surface area contributed by atoms with E-state index in [0.717, 1.165) is 36.3 Å². The van der Waals surface area contributed by atoms with E-state index in [4.69, 9.17) is 0 Å². The number of nitrogens with one attached hydrogen (secondary N) is 3. The average molecular weight is 273 g/mol. The van der Waals surface area contributed by atoms with Gasteiger partial charge in [-0.3, -0.25) is 9.59 Å². The maximum atomic E-state index is 12.1. The third-order valence-corrected chi connectivity index (χ3v) is 4.04. The van der Waals surface area contributed by atoms with Crippen LogP contribution in [-0.4, -0.2) is 24.9 Å². The highest BCUT2D eigenvalue weighted by Gasteiger charge is 2.24. The van der Waals surface area contributed by atoms with Crippen molar-refractivity contribution in [3.05, 3.63) is 29.3 Å². The van der Waals surface area contributed by atoms with Gasteiger partial charge in [0.15, 0.2) is 0 Å². The molecule has 3 N–H and O–H groups in total. The van der Waals surface area contributed by atoms with Crippen LogP contribution in [0.2, 0.25) is 0 Å². The minimum absolute atomic E-state index is 0.0332. The number of hydrogen-bond acceptors (Lipinski definition) is 3. The second kappa shape index (κ2) is 5.25. The monoisotopic (exact) mass is 273 g/mol. The molecule has 1 aromatic rings. The average Bonchev–Trinajstić information content (AvgIpc) is 3.05. The molecule has 2 aliphatic rings. The molecule has 20 heavy (non-hydrogen) atoms. The molecule has 0 bridgehead atoms. The van der Waals surface area contributed by atoms with Gasteiger partial charge in [0.05, 0.1) is 18.4 Å². The number of rotatable bonds is 3. The molecule has 0 spiro atoms. The molecule has 5 heteroatoms. The smallest absolute Gasteiger partial charge is 0.228 e. The van der Waals surface area contributed by atoms with E-state index >= 15 is 0 Å². The van der Waals surface area contributed by atoms with Crippen LogP contribution in [0.15, 0.2) is 18.2 Å². The first-order chi connectivity index (χ1) is 9.63. The third kappa shape index (κ3) is 2.54. The van der Waals surface area contributed by atoms with Crippen molar-refractivity contribution in [3.63, 3.8) is 0 Å². The van der Waals surface area contributed by atoms with Crippen molar-refractivity contribution in [2.45, 2.75) is 25.8 Å². The molecule has 2 atom stereocenters. The highest BCUT2D eigenvalue weighted by atomic mass is 16.2. The van der Waals surface area contributed by atoms with Crippen molar-refractivity contribution < 1.29 is 9.59 Å². The molecular formula is C15H19N3O2. The van der Waals surface area contributed by atoms with Crippen molar-refractivity contribution in [3.8, 4) is 0 Å². The van der Waals surface area contributed by atoms with E-state index in [1.807, 2.05) is 25.1 Å². The fourth-order valence-corrected chi connectivity index (χ4v) is 2.81. The SMILES string of the molecule is CC(NC(=O)C1CCNC1)c1ccc2c(c1)CC(=O)N2. The van der Waals surface area contributed by atoms with Crippen LogP contribution in [-0.2, 0) is 16.0 Å². The number of amides is 2. The first-order valence-electron chi connectivity index (χ1n) is 7.07. The molecule has 106 valence electrons. The number of carbonyl (C=O) groups is 2. The van der Waals surface area contributed by atoms with Gasteiger partial charge in [-0.2, -0.15) is 0 Å². The van der Waals surface area contributed by atoms with Gasteiger partial charge in [0.2, 0.25) is 11.8 Å². The Balaban J connectivity index is 1.68. The van der Waals surface area contributed by atoms with Crippen molar-refractivity contribution >= 4 is 17.5 Å². The molecule has 1 aromatic carbocycles. The summed E-state index contributed by atoms with van der Waals surface area (Å²) in [5, 5.41) is 9.07. The molecule has 2 amide bonds. The number of carbonyl (C=O) groups excluding carboxylic acids is 2. The lowest BCUT2D eigenvalue weighted by atomic mass is 10.0. The molecule has 0 aliphatic carbocycles. The molecule has 0 aromatic heterocycles. The maximum Gasteiger partial charge on any atom is 0.228 e. The number of hydrogen-bond donors (Lipinski definition) is 3. The largest absolute Gasteiger partial charge is 0.349 e. The Morgan fingerprint density at radius 3 is 3.05 bits per heavy atom. The molecular weight excluding hydrogens is 254 g/mol. The van der Waals surface area contributed by atoms with Crippen LogP contribution in [0.4, 0.5) is 5.69 Å². The molecule has 2 unspecified atom stereocenters. The molecule has 1 fully saturated rings. The Labute approximate surface area is 118 Å². The van der Waals surface area contributed by atoms with Gasteiger partial charge in [-0.1, -0.05) is 12.1 Å². The lowest BCUT2D eigenvalue weighted by Gasteiger charge is -2.17. The first-order valence-corrected chi connectivity index (χ1v) is 7.07. The van der Waals surface area contributed by atoms with Gasteiger partial charge in [-0.25, -0.2) is 0 Å². The van der Waals surface area contributed by atoms with Crippen LogP contribution in [0.25, 0.3) is 0 Å². The second-order valence-electron chi connectivity index (χ2n) is 5.56. The number of benzene rings is 1. The van der Waals surface area contributed by atoms with E-state index in [-0.39, 0.29) is 23.8 Å². The summed E-state index contributed by atoms with van der Waals surface area (Å²) in [6.45, 7) is 3.66. The van der Waals surface area contributed by atoms with Gasteiger partial charge < -0.3 is 16.0 Å². The van der Waals surface area contributed by atoms with Gasteiger partial charge >= 0.3 is 0 Å². The molecule has 1 saturated heterocycles. The van der Waals surface area contributed by atoms with E-state index in [0.29, 0.717) is 6.42 Å². The highest BCUT2D eigenvalue weighted by molar-refractivity contribution is 5.99. The lowest BCUT2D eigenvalue weighted by Crippen LogP contribution is -2.33. The zero-order valence-electron chi connectivity index (χ0n) is 11.5. The Kier molecular flexibility index (Phi) is 3.44. The molecule has 3 rings (SSSR count). The van der Waals surface area contributed by atoms with Crippen LogP contribution in [0, 0.1) is 5.92 Å². The number of fused-ring (bicyclic) bond motifs is 1. The summed E-state index contributed by atoms with van der Waals surface area (Å²) in [7, 11) is 0. The van der Waals surface area contributed by atoms with Crippen molar-refractivity contribution in [2.75, 3.05) is 18.4 Å². The van der Waals surface area contributed by atoms with Gasteiger partial charge in [0, 0.05) is 12.2 Å². The normalized spacial score (nSPS) is 22.2. The second-order valence-corrected chi connectivity index (χ2v) is 5.56. The summed E-state index contributed by atoms with van der Waals surface area (Å²) < 4.78 is 0. The summed E-state index contributed by atoms with van der Waals surface area (Å²) in [4.78, 5) is 23.4. The van der Waals surface area contributed by atoms with E-state index in [1.165, 1.54) is 0 Å². The summed E-state index contributed by atoms with van der Waals surface area (Å²) in [5.74, 6) is 0.221.